The molecule has 0 aliphatic heterocycles. The van der Waals surface area contributed by atoms with E-state index < -0.39 is 0 Å². The van der Waals surface area contributed by atoms with Gasteiger partial charge in [0, 0.05) is 0 Å². The first-order valence-electron chi connectivity index (χ1n) is 9.73. The second-order valence-corrected chi connectivity index (χ2v) is 6.44. The predicted molar refractivity (Wildman–Crippen MR) is 94.1 cm³/mol. The molecular formula is C20H41Na. The average molecular weight is 305 g/mol. The van der Waals surface area contributed by atoms with Gasteiger partial charge in [0.2, 0.25) is 0 Å². The van der Waals surface area contributed by atoms with E-state index >= 15 is 0 Å². The summed E-state index contributed by atoms with van der Waals surface area (Å²) in [6, 6.07) is 0. The van der Waals surface area contributed by atoms with Crippen LogP contribution in [0.2, 0.25) is 0 Å². The van der Waals surface area contributed by atoms with Crippen LogP contribution in [0.1, 0.15) is 123 Å². The van der Waals surface area contributed by atoms with Crippen LogP contribution in [0, 0.1) is 6.42 Å². The Bertz CT molecular complexity index is 138. The van der Waals surface area contributed by atoms with Crippen molar-refractivity contribution in [3.63, 3.8) is 0 Å². The molecule has 0 amide bonds. The van der Waals surface area contributed by atoms with E-state index in [1.165, 1.54) is 109 Å². The Morgan fingerprint density at radius 1 is 0.476 bits per heavy atom. The predicted octanol–water partition coefficient (Wildman–Crippen LogP) is 4.87. The van der Waals surface area contributed by atoms with Crippen molar-refractivity contribution in [3.8, 4) is 0 Å². The largest absolute Gasteiger partial charge is 1.00 e. The zero-order chi connectivity index (χ0) is 14.7. The zero-order valence-electron chi connectivity index (χ0n) is 15.6. The Morgan fingerprint density at radius 2 is 0.810 bits per heavy atom. The molecule has 0 saturated carbocycles. The summed E-state index contributed by atoms with van der Waals surface area (Å²) in [4.78, 5) is 0. The molecule has 0 spiro atoms. The van der Waals surface area contributed by atoms with Crippen LogP contribution >= 0.6 is 0 Å². The fraction of sp³-hybridized carbons (Fsp3) is 0.950. The third-order valence-electron chi connectivity index (χ3n) is 4.30. The molecule has 0 aliphatic carbocycles. The number of hydrogen-bond acceptors (Lipinski definition) is 0. The first kappa shape index (κ1) is 24.3. The normalized spacial score (nSPS) is 10.6. The maximum absolute atomic E-state index is 2.42. The van der Waals surface area contributed by atoms with Crippen LogP contribution in [-0.4, -0.2) is 0 Å². The number of rotatable bonds is 17. The molecule has 0 heterocycles. The van der Waals surface area contributed by atoms with Crippen molar-refractivity contribution >= 4 is 0 Å². The first-order chi connectivity index (χ1) is 9.91. The topological polar surface area (TPSA) is 0 Å². The summed E-state index contributed by atoms with van der Waals surface area (Å²) in [7, 11) is 0. The van der Waals surface area contributed by atoms with Gasteiger partial charge in [-0.05, 0) is 0 Å². The second kappa shape index (κ2) is 23.3. The van der Waals surface area contributed by atoms with Gasteiger partial charge in [0.25, 0.3) is 0 Å². The minimum Gasteiger partial charge on any atom is -0.329 e. The summed E-state index contributed by atoms with van der Waals surface area (Å²) in [5.41, 5.74) is 0. The standard InChI is InChI=1S/C20H41.Na/c1-3-5-7-9-11-13-15-17-19-20-18-16-14-12-10-8-6-4-2;/h5H,3-4,6-20H2,1-2H3;/q-1;+1. The molecule has 0 aromatic heterocycles. The molecule has 0 atom stereocenters. The van der Waals surface area contributed by atoms with E-state index in [2.05, 4.69) is 20.3 Å². The van der Waals surface area contributed by atoms with Gasteiger partial charge in [0.1, 0.15) is 0 Å². The summed E-state index contributed by atoms with van der Waals surface area (Å²) in [5, 5.41) is 0. The molecule has 0 saturated heterocycles. The summed E-state index contributed by atoms with van der Waals surface area (Å²) in [5.74, 6) is 0. The van der Waals surface area contributed by atoms with E-state index in [0.29, 0.717) is 0 Å². The Balaban J connectivity index is 0. The van der Waals surface area contributed by atoms with Crippen molar-refractivity contribution < 1.29 is 29.6 Å². The quantitative estimate of drug-likeness (QED) is 0.204. The number of hydrogen-bond donors (Lipinski definition) is 0. The van der Waals surface area contributed by atoms with Gasteiger partial charge in [0.05, 0.1) is 0 Å². The van der Waals surface area contributed by atoms with Gasteiger partial charge >= 0.3 is 29.6 Å². The second-order valence-electron chi connectivity index (χ2n) is 6.44. The van der Waals surface area contributed by atoms with Crippen molar-refractivity contribution in [2.45, 2.75) is 123 Å². The van der Waals surface area contributed by atoms with Crippen LogP contribution in [0.3, 0.4) is 0 Å². The van der Waals surface area contributed by atoms with Gasteiger partial charge in [-0.15, -0.1) is 0 Å². The van der Waals surface area contributed by atoms with E-state index in [1.807, 2.05) is 0 Å². The van der Waals surface area contributed by atoms with Gasteiger partial charge in [-0.25, -0.2) is 0 Å². The van der Waals surface area contributed by atoms with Crippen molar-refractivity contribution in [1.82, 2.24) is 0 Å². The molecule has 0 nitrogen and oxygen atoms in total. The third kappa shape index (κ3) is 23.4. The molecule has 0 fully saturated rings. The van der Waals surface area contributed by atoms with E-state index in [0.717, 1.165) is 0 Å². The van der Waals surface area contributed by atoms with Crippen LogP contribution < -0.4 is 29.6 Å². The van der Waals surface area contributed by atoms with Crippen LogP contribution in [0.5, 0.6) is 0 Å². The van der Waals surface area contributed by atoms with Gasteiger partial charge in [0.15, 0.2) is 0 Å². The van der Waals surface area contributed by atoms with Gasteiger partial charge in [-0.3, -0.25) is 0 Å². The Labute approximate surface area is 158 Å². The summed E-state index contributed by atoms with van der Waals surface area (Å²) in [6.45, 7) is 4.54. The van der Waals surface area contributed by atoms with Gasteiger partial charge < -0.3 is 6.42 Å². The fourth-order valence-electron chi connectivity index (χ4n) is 2.86. The molecule has 0 aliphatic rings. The molecule has 0 N–H and O–H groups in total. The van der Waals surface area contributed by atoms with E-state index in [1.54, 1.807) is 0 Å². The molecular weight excluding hydrogens is 263 g/mol. The van der Waals surface area contributed by atoms with E-state index in [-0.39, 0.29) is 29.6 Å². The van der Waals surface area contributed by atoms with Crippen LogP contribution in [0.25, 0.3) is 0 Å². The molecule has 0 rings (SSSR count). The summed E-state index contributed by atoms with van der Waals surface area (Å²) >= 11 is 0. The summed E-state index contributed by atoms with van der Waals surface area (Å²) < 4.78 is 0. The Morgan fingerprint density at radius 3 is 1.14 bits per heavy atom. The maximum atomic E-state index is 2.42. The third-order valence-corrected chi connectivity index (χ3v) is 4.30. The number of unbranched alkanes of at least 4 members (excludes halogenated alkanes) is 17. The zero-order valence-corrected chi connectivity index (χ0v) is 17.6. The molecule has 0 unspecified atom stereocenters. The van der Waals surface area contributed by atoms with Gasteiger partial charge in [-0.1, -0.05) is 110 Å². The first-order valence-corrected chi connectivity index (χ1v) is 9.73. The monoisotopic (exact) mass is 304 g/mol. The minimum absolute atomic E-state index is 0. The Kier molecular flexibility index (Phi) is 26.9. The van der Waals surface area contributed by atoms with Crippen molar-refractivity contribution in [2.75, 3.05) is 0 Å². The van der Waals surface area contributed by atoms with E-state index in [4.69, 9.17) is 0 Å². The maximum Gasteiger partial charge on any atom is 1.00 e. The molecule has 21 heavy (non-hydrogen) atoms. The van der Waals surface area contributed by atoms with Crippen LogP contribution in [0.15, 0.2) is 0 Å². The molecule has 0 aromatic carbocycles. The molecule has 0 radical (unpaired) electrons. The SMILES string of the molecule is CC[CH-]CCCCCCCCCCCCCCCCC.[Na+]. The minimum atomic E-state index is 0. The van der Waals surface area contributed by atoms with Crippen molar-refractivity contribution in [2.24, 2.45) is 0 Å². The van der Waals surface area contributed by atoms with Crippen LogP contribution in [0.4, 0.5) is 0 Å². The average Bonchev–Trinajstić information content (AvgIpc) is 2.47. The molecule has 122 valence electrons. The van der Waals surface area contributed by atoms with Gasteiger partial charge in [-0.2, -0.15) is 12.8 Å². The molecule has 0 bridgehead atoms. The smallest absolute Gasteiger partial charge is 0.329 e. The Hall–Kier alpha value is 1.00. The molecule has 1 heteroatoms. The van der Waals surface area contributed by atoms with Crippen LogP contribution in [-0.2, 0) is 0 Å². The summed E-state index contributed by atoms with van der Waals surface area (Å²) in [6.07, 6.45) is 27.0. The van der Waals surface area contributed by atoms with Crippen molar-refractivity contribution in [3.05, 3.63) is 6.42 Å². The van der Waals surface area contributed by atoms with E-state index in [9.17, 15) is 0 Å². The molecule has 0 aromatic rings. The fourth-order valence-corrected chi connectivity index (χ4v) is 2.86. The van der Waals surface area contributed by atoms with Crippen molar-refractivity contribution in [1.29, 1.82) is 0 Å².